The van der Waals surface area contributed by atoms with Gasteiger partial charge in [0, 0.05) is 11.1 Å². The van der Waals surface area contributed by atoms with Gasteiger partial charge in [-0.25, -0.2) is 9.59 Å². The zero-order valence-corrected chi connectivity index (χ0v) is 25.8. The molecule has 0 saturated heterocycles. The molecule has 7 nitrogen and oxygen atoms in total. The van der Waals surface area contributed by atoms with E-state index in [9.17, 15) is 14.7 Å². The van der Waals surface area contributed by atoms with E-state index in [1.165, 1.54) is 5.56 Å². The molecule has 5 rings (SSSR count). The van der Waals surface area contributed by atoms with Crippen LogP contribution < -0.4 is 10.5 Å². The number of nitrogens with one attached hydrogen (secondary N) is 1. The van der Waals surface area contributed by atoms with Crippen molar-refractivity contribution in [3.8, 4) is 17.1 Å². The van der Waals surface area contributed by atoms with Crippen LogP contribution in [0.1, 0.15) is 65.4 Å². The highest BCUT2D eigenvalue weighted by molar-refractivity contribution is 5.87. The fourth-order valence-electron chi connectivity index (χ4n) is 5.14. The summed E-state index contributed by atoms with van der Waals surface area (Å²) >= 11 is 0. The van der Waals surface area contributed by atoms with Gasteiger partial charge in [-0.3, -0.25) is 9.51 Å². The molecule has 0 saturated carbocycles. The van der Waals surface area contributed by atoms with Crippen LogP contribution in [0.4, 0.5) is 0 Å². The number of ether oxygens (including phenoxy) is 1. The fraction of sp³-hybridized carbons (Fsp3) is 0.237. The normalized spacial score (nSPS) is 12.3. The molecular weight excluding hydrogens is 564 g/mol. The van der Waals surface area contributed by atoms with Crippen LogP contribution in [0.3, 0.4) is 0 Å². The van der Waals surface area contributed by atoms with Gasteiger partial charge in [-0.15, -0.1) is 0 Å². The predicted octanol–water partition coefficient (Wildman–Crippen LogP) is 8.11. The maximum atomic E-state index is 11.4. The first-order valence-electron chi connectivity index (χ1n) is 15.1. The maximum absolute atomic E-state index is 11.4. The van der Waals surface area contributed by atoms with Crippen molar-refractivity contribution < 1.29 is 19.2 Å². The number of aromatic nitrogens is 2. The molecule has 7 heteroatoms. The van der Waals surface area contributed by atoms with Gasteiger partial charge in [-0.2, -0.15) is 0 Å². The van der Waals surface area contributed by atoms with Crippen molar-refractivity contribution in [2.45, 2.75) is 52.1 Å². The Bertz CT molecular complexity index is 1790. The number of nitrogens with zero attached hydrogens (tertiary/aromatic N) is 1. The van der Waals surface area contributed by atoms with Crippen molar-refractivity contribution in [1.82, 2.24) is 10.1 Å². The van der Waals surface area contributed by atoms with E-state index in [2.05, 4.69) is 77.9 Å². The number of carboxylic acids is 1. The third kappa shape index (κ3) is 8.70. The third-order valence-electron chi connectivity index (χ3n) is 7.85. The Kier molecular flexibility index (Phi) is 9.78. The van der Waals surface area contributed by atoms with Gasteiger partial charge in [0.05, 0.1) is 5.56 Å². The Morgan fingerprint density at radius 3 is 2.22 bits per heavy atom. The van der Waals surface area contributed by atoms with E-state index in [0.29, 0.717) is 12.4 Å². The van der Waals surface area contributed by atoms with Crippen molar-refractivity contribution in [3.63, 3.8) is 0 Å². The smallest absolute Gasteiger partial charge is 0.439 e. The third-order valence-corrected chi connectivity index (χ3v) is 7.85. The summed E-state index contributed by atoms with van der Waals surface area (Å²) in [5, 5.41) is 13.0. The summed E-state index contributed by atoms with van der Waals surface area (Å²) < 4.78 is 10.9. The first-order valence-corrected chi connectivity index (χ1v) is 15.1. The van der Waals surface area contributed by atoms with Gasteiger partial charge >= 0.3 is 11.7 Å². The monoisotopic (exact) mass is 602 g/mol. The van der Waals surface area contributed by atoms with Gasteiger partial charge < -0.3 is 9.84 Å². The summed E-state index contributed by atoms with van der Waals surface area (Å²) in [6.07, 6.45) is 6.82. The maximum Gasteiger partial charge on any atom is 0.439 e. The number of aromatic amines is 1. The fourth-order valence-corrected chi connectivity index (χ4v) is 5.14. The van der Waals surface area contributed by atoms with Gasteiger partial charge in [0.1, 0.15) is 12.4 Å². The van der Waals surface area contributed by atoms with E-state index in [-0.39, 0.29) is 16.9 Å². The predicted molar refractivity (Wildman–Crippen MR) is 176 cm³/mol. The minimum atomic E-state index is -0.927. The Hall–Kier alpha value is -5.17. The van der Waals surface area contributed by atoms with E-state index >= 15 is 0 Å². The Morgan fingerprint density at radius 2 is 1.58 bits per heavy atom. The quantitative estimate of drug-likeness (QED) is 0.149. The molecule has 0 aliphatic heterocycles. The van der Waals surface area contributed by atoms with Gasteiger partial charge in [-0.1, -0.05) is 117 Å². The molecule has 230 valence electrons. The second kappa shape index (κ2) is 14.1. The molecule has 1 heterocycles. The average molecular weight is 603 g/mol. The van der Waals surface area contributed by atoms with Crippen molar-refractivity contribution in [3.05, 3.63) is 147 Å². The van der Waals surface area contributed by atoms with Crippen LogP contribution in [0.25, 0.3) is 17.5 Å². The number of carboxylic acid groups (broad SMARTS) is 1. The highest BCUT2D eigenvalue weighted by atomic mass is 16.5. The summed E-state index contributed by atoms with van der Waals surface area (Å²) in [4.78, 5) is 25.2. The van der Waals surface area contributed by atoms with Crippen molar-refractivity contribution >= 4 is 12.0 Å². The van der Waals surface area contributed by atoms with Crippen LogP contribution in [-0.4, -0.2) is 21.2 Å². The Morgan fingerprint density at radius 1 is 0.911 bits per heavy atom. The highest BCUT2D eigenvalue weighted by Crippen LogP contribution is 2.26. The number of hydrogen-bond acceptors (Lipinski definition) is 5. The molecule has 0 aliphatic carbocycles. The minimum Gasteiger partial charge on any atom is -0.488 e. The number of carbonyl (C=O) groups is 1. The summed E-state index contributed by atoms with van der Waals surface area (Å²) in [5.74, 6) is -0.0984. The molecule has 5 aromatic rings. The SMILES string of the molecule is CC(C)(C)c1ccc(COc2ccccc2/C=C/[C@@H](CCc2ccc(C(=O)O)cc2)Cc2ccc(-c3noc(=O)[nH]3)cc2)cc1. The summed E-state index contributed by atoms with van der Waals surface area (Å²) in [6, 6.07) is 31.6. The van der Waals surface area contributed by atoms with Gasteiger partial charge in [0.2, 0.25) is 0 Å². The van der Waals surface area contributed by atoms with E-state index in [1.807, 2.05) is 54.6 Å². The molecule has 1 aromatic heterocycles. The van der Waals surface area contributed by atoms with Crippen LogP contribution in [0, 0.1) is 5.92 Å². The molecule has 0 amide bonds. The molecule has 0 aliphatic rings. The summed E-state index contributed by atoms with van der Waals surface area (Å²) in [5.41, 5.74) is 6.81. The van der Waals surface area contributed by atoms with E-state index in [1.54, 1.807) is 12.1 Å². The van der Waals surface area contributed by atoms with Crippen molar-refractivity contribution in [1.29, 1.82) is 0 Å². The second-order valence-electron chi connectivity index (χ2n) is 12.3. The number of aryl methyl sites for hydroxylation is 1. The molecule has 0 bridgehead atoms. The largest absolute Gasteiger partial charge is 0.488 e. The van der Waals surface area contributed by atoms with Crippen molar-refractivity contribution in [2.24, 2.45) is 5.92 Å². The number of aromatic carboxylic acids is 1. The molecule has 2 N–H and O–H groups in total. The number of benzene rings is 4. The first-order chi connectivity index (χ1) is 21.6. The van der Waals surface area contributed by atoms with Crippen LogP contribution in [0.2, 0.25) is 0 Å². The molecule has 45 heavy (non-hydrogen) atoms. The average Bonchev–Trinajstić information content (AvgIpc) is 3.48. The Balaban J connectivity index is 1.31. The standard InChI is InChI=1S/C38H38N2O5/c1-38(2,3)33-22-15-29(16-23-33)25-44-34-7-5-4-6-30(34)17-12-27(9-8-26-10-20-32(21-11-26)36(41)42)24-28-13-18-31(19-14-28)35-39-37(43)45-40-35/h4-7,10-23,27H,8-9,24-25H2,1-3H3,(H,41,42)(H,39,40,43)/b17-12+/t27-/m1/s1. The van der Waals surface area contributed by atoms with Crippen LogP contribution >= 0.6 is 0 Å². The van der Waals surface area contributed by atoms with Crippen LogP contribution in [-0.2, 0) is 24.9 Å². The number of allylic oxidation sites excluding steroid dienone is 1. The molecule has 0 spiro atoms. The Labute approximate surface area is 263 Å². The van der Waals surface area contributed by atoms with E-state index < -0.39 is 11.7 Å². The number of H-pyrrole nitrogens is 1. The lowest BCUT2D eigenvalue weighted by atomic mass is 9.87. The van der Waals surface area contributed by atoms with Crippen LogP contribution in [0.15, 0.2) is 112 Å². The molecular formula is C38H38N2O5. The lowest BCUT2D eigenvalue weighted by molar-refractivity contribution is 0.0697. The number of rotatable bonds is 12. The van der Waals surface area contributed by atoms with Gasteiger partial charge in [-0.05, 0) is 71.0 Å². The minimum absolute atomic E-state index is 0.106. The number of para-hydroxylation sites is 1. The second-order valence-corrected chi connectivity index (χ2v) is 12.3. The van der Waals surface area contributed by atoms with Gasteiger partial charge in [0.15, 0.2) is 5.82 Å². The lowest BCUT2D eigenvalue weighted by Gasteiger charge is -2.19. The molecule has 0 fully saturated rings. The van der Waals surface area contributed by atoms with Crippen molar-refractivity contribution in [2.75, 3.05) is 0 Å². The van der Waals surface area contributed by atoms with Crippen LogP contribution in [0.5, 0.6) is 5.75 Å². The van der Waals surface area contributed by atoms with E-state index in [4.69, 9.17) is 4.74 Å². The molecule has 0 unspecified atom stereocenters. The number of hydrogen-bond donors (Lipinski definition) is 2. The molecule has 4 aromatic carbocycles. The zero-order chi connectivity index (χ0) is 31.8. The summed E-state index contributed by atoms with van der Waals surface area (Å²) in [7, 11) is 0. The zero-order valence-electron chi connectivity index (χ0n) is 25.8. The first kappa shape index (κ1) is 31.3. The lowest BCUT2D eigenvalue weighted by Crippen LogP contribution is -2.10. The molecule has 0 radical (unpaired) electrons. The van der Waals surface area contributed by atoms with E-state index in [0.717, 1.165) is 52.8 Å². The summed E-state index contributed by atoms with van der Waals surface area (Å²) in [6.45, 7) is 7.11. The highest BCUT2D eigenvalue weighted by Gasteiger charge is 2.14. The molecule has 1 atom stereocenters. The van der Waals surface area contributed by atoms with Gasteiger partial charge in [0.25, 0.3) is 0 Å². The topological polar surface area (TPSA) is 105 Å².